The Morgan fingerprint density at radius 1 is 1.13 bits per heavy atom. The minimum Gasteiger partial charge on any atom is -0.338 e. The summed E-state index contributed by atoms with van der Waals surface area (Å²) in [5, 5.41) is 2.97. The third-order valence-corrected chi connectivity index (χ3v) is 8.98. The fourth-order valence-corrected chi connectivity index (χ4v) is 6.74. The summed E-state index contributed by atoms with van der Waals surface area (Å²) in [6.45, 7) is 5.67. The summed E-state index contributed by atoms with van der Waals surface area (Å²) >= 11 is 1.28. The number of thioether (sulfide) groups is 1. The molecule has 2 fully saturated rings. The molecule has 0 saturated carbocycles. The largest absolute Gasteiger partial charge is 0.338 e. The zero-order valence-electron chi connectivity index (χ0n) is 22.1. The van der Waals surface area contributed by atoms with Crippen LogP contribution in [0.15, 0.2) is 54.7 Å². The van der Waals surface area contributed by atoms with Crippen molar-refractivity contribution in [3.05, 3.63) is 71.4 Å². The molecule has 0 bridgehead atoms. The average Bonchev–Trinajstić information content (AvgIpc) is 3.50. The highest BCUT2D eigenvalue weighted by Crippen LogP contribution is 2.41. The zero-order chi connectivity index (χ0) is 26.9. The summed E-state index contributed by atoms with van der Waals surface area (Å²) < 4.78 is 0. The molecule has 0 spiro atoms. The molecule has 9 heteroatoms. The number of anilines is 1. The third-order valence-electron chi connectivity index (χ3n) is 8.19. The summed E-state index contributed by atoms with van der Waals surface area (Å²) in [6.07, 6.45) is 8.52. The van der Waals surface area contributed by atoms with E-state index in [1.54, 1.807) is 17.2 Å². The molecule has 1 aromatic heterocycles. The molecule has 2 aromatic rings. The van der Waals surface area contributed by atoms with E-state index in [9.17, 15) is 14.4 Å². The first-order valence-electron chi connectivity index (χ1n) is 13.7. The fourth-order valence-electron chi connectivity index (χ4n) is 6.14. The second kappa shape index (κ2) is 11.0. The van der Waals surface area contributed by atoms with E-state index >= 15 is 0 Å². The van der Waals surface area contributed by atoms with Crippen molar-refractivity contribution < 1.29 is 14.4 Å². The van der Waals surface area contributed by atoms with Crippen molar-refractivity contribution in [1.82, 2.24) is 19.7 Å². The monoisotopic (exact) mass is 543 g/mol. The first-order valence-corrected chi connectivity index (χ1v) is 14.7. The summed E-state index contributed by atoms with van der Waals surface area (Å²) in [6, 6.07) is 12.1. The van der Waals surface area contributed by atoms with Crippen molar-refractivity contribution in [3.63, 3.8) is 0 Å². The summed E-state index contributed by atoms with van der Waals surface area (Å²) in [7, 11) is 0. The number of piperazine rings is 1. The van der Waals surface area contributed by atoms with Crippen LogP contribution < -0.4 is 5.32 Å². The number of rotatable bonds is 4. The third kappa shape index (κ3) is 5.38. The van der Waals surface area contributed by atoms with E-state index < -0.39 is 6.04 Å². The quantitative estimate of drug-likeness (QED) is 0.588. The second-order valence-electron chi connectivity index (χ2n) is 10.7. The Hall–Kier alpha value is -3.43. The Kier molecular flexibility index (Phi) is 7.27. The number of fused-ring (bicyclic) bond motifs is 3. The first kappa shape index (κ1) is 25.8. The van der Waals surface area contributed by atoms with Gasteiger partial charge in [0.15, 0.2) is 0 Å². The van der Waals surface area contributed by atoms with E-state index in [-0.39, 0.29) is 17.1 Å². The minimum atomic E-state index is -0.402. The van der Waals surface area contributed by atoms with E-state index in [1.807, 2.05) is 30.0 Å². The number of hydrogen-bond acceptors (Lipinski definition) is 6. The number of amides is 3. The van der Waals surface area contributed by atoms with Crippen molar-refractivity contribution in [2.45, 2.75) is 25.9 Å². The molecule has 2 saturated heterocycles. The highest BCUT2D eigenvalue weighted by molar-refractivity contribution is 8.13. The van der Waals surface area contributed by atoms with Gasteiger partial charge < -0.3 is 15.1 Å². The zero-order valence-corrected chi connectivity index (χ0v) is 22.9. The molecule has 3 atom stereocenters. The number of carbonyl (C=O) groups is 3. The number of benzene rings is 1. The van der Waals surface area contributed by atoms with Crippen LogP contribution in [0.2, 0.25) is 0 Å². The van der Waals surface area contributed by atoms with Gasteiger partial charge in [-0.05, 0) is 52.9 Å². The lowest BCUT2D eigenvalue weighted by molar-refractivity contribution is -0.125. The Labute approximate surface area is 233 Å². The van der Waals surface area contributed by atoms with E-state index in [0.717, 1.165) is 36.4 Å². The molecule has 6 rings (SSSR count). The molecule has 202 valence electrons. The number of nitrogens with one attached hydrogen (secondary N) is 1. The lowest BCUT2D eigenvalue weighted by atomic mass is 9.98. The smallest absolute Gasteiger partial charge is 0.281 e. The van der Waals surface area contributed by atoms with Crippen LogP contribution in [0, 0.1) is 11.8 Å². The topological polar surface area (TPSA) is 85.8 Å². The van der Waals surface area contributed by atoms with Gasteiger partial charge in [0.1, 0.15) is 11.9 Å². The van der Waals surface area contributed by atoms with E-state index in [1.165, 1.54) is 22.9 Å². The van der Waals surface area contributed by atoms with Crippen LogP contribution in [0.1, 0.15) is 30.0 Å². The van der Waals surface area contributed by atoms with Crippen LogP contribution in [0.4, 0.5) is 10.6 Å². The highest BCUT2D eigenvalue weighted by Gasteiger charge is 2.38. The van der Waals surface area contributed by atoms with Gasteiger partial charge in [-0.15, -0.1) is 0 Å². The molecule has 1 aromatic carbocycles. The standard InChI is InChI=1S/C30H33N5O3S/c1-2-39-30(38)34-11-10-33-18-25-12-20(15-31-28(25)32-29(37)26(33)19-34)8-9-27(36)35-16-23-13-22(14-24(23)17-35)21-6-4-3-5-7-21/h3-9,12-13,15,23-24,26H,2,10-11,14,16-19H2,1H3,(H,31,32,37)/b9-8+. The molecule has 4 heterocycles. The van der Waals surface area contributed by atoms with Gasteiger partial charge in [0, 0.05) is 57.1 Å². The summed E-state index contributed by atoms with van der Waals surface area (Å²) in [4.78, 5) is 48.7. The molecular formula is C30H33N5O3S. The van der Waals surface area contributed by atoms with Crippen LogP contribution in [-0.4, -0.2) is 81.3 Å². The molecule has 4 aliphatic rings. The van der Waals surface area contributed by atoms with Crippen LogP contribution in [0.25, 0.3) is 11.6 Å². The molecule has 0 radical (unpaired) electrons. The molecule has 3 aliphatic heterocycles. The first-order chi connectivity index (χ1) is 19.0. The lowest BCUT2D eigenvalue weighted by Gasteiger charge is -2.38. The molecule has 1 aliphatic carbocycles. The van der Waals surface area contributed by atoms with Crippen LogP contribution in [0.3, 0.4) is 0 Å². The van der Waals surface area contributed by atoms with Crippen molar-refractivity contribution in [2.75, 3.05) is 43.8 Å². The molecule has 3 amide bonds. The van der Waals surface area contributed by atoms with Gasteiger partial charge in [0.05, 0.1) is 0 Å². The Morgan fingerprint density at radius 2 is 1.97 bits per heavy atom. The van der Waals surface area contributed by atoms with Crippen LogP contribution in [-0.2, 0) is 16.1 Å². The van der Waals surface area contributed by atoms with Gasteiger partial charge in [0.2, 0.25) is 11.8 Å². The van der Waals surface area contributed by atoms with E-state index in [0.29, 0.717) is 43.8 Å². The van der Waals surface area contributed by atoms with Gasteiger partial charge >= 0.3 is 0 Å². The minimum absolute atomic E-state index is 0.0214. The van der Waals surface area contributed by atoms with E-state index in [4.69, 9.17) is 0 Å². The predicted octanol–water partition coefficient (Wildman–Crippen LogP) is 3.97. The lowest BCUT2D eigenvalue weighted by Crippen LogP contribution is -2.57. The number of hydrogen-bond donors (Lipinski definition) is 1. The van der Waals surface area contributed by atoms with Crippen molar-refractivity contribution in [3.8, 4) is 0 Å². The maximum Gasteiger partial charge on any atom is 0.281 e. The summed E-state index contributed by atoms with van der Waals surface area (Å²) in [5.41, 5.74) is 4.42. The number of aromatic nitrogens is 1. The molecular weight excluding hydrogens is 510 g/mol. The van der Waals surface area contributed by atoms with Gasteiger partial charge in [-0.2, -0.15) is 0 Å². The number of allylic oxidation sites excluding steroid dienone is 1. The maximum atomic E-state index is 13.0. The van der Waals surface area contributed by atoms with Crippen molar-refractivity contribution in [1.29, 1.82) is 0 Å². The summed E-state index contributed by atoms with van der Waals surface area (Å²) in [5.74, 6) is 2.05. The van der Waals surface area contributed by atoms with Gasteiger partial charge in [0.25, 0.3) is 5.24 Å². The van der Waals surface area contributed by atoms with Crippen molar-refractivity contribution >= 4 is 46.3 Å². The Morgan fingerprint density at radius 3 is 2.77 bits per heavy atom. The van der Waals surface area contributed by atoms with Gasteiger partial charge in [-0.3, -0.25) is 19.3 Å². The molecule has 3 unspecified atom stereocenters. The number of likely N-dealkylation sites (tertiary alicyclic amines) is 1. The maximum absolute atomic E-state index is 13.0. The number of pyridine rings is 1. The number of nitrogens with zero attached hydrogens (tertiary/aromatic N) is 4. The number of carbonyl (C=O) groups excluding carboxylic acids is 3. The molecule has 1 N–H and O–H groups in total. The second-order valence-corrected chi connectivity index (χ2v) is 11.9. The predicted molar refractivity (Wildman–Crippen MR) is 154 cm³/mol. The van der Waals surface area contributed by atoms with Crippen LogP contribution in [0.5, 0.6) is 0 Å². The van der Waals surface area contributed by atoms with Crippen LogP contribution >= 0.6 is 11.8 Å². The highest BCUT2D eigenvalue weighted by atomic mass is 32.2. The Balaban J connectivity index is 1.09. The van der Waals surface area contributed by atoms with Crippen molar-refractivity contribution in [2.24, 2.45) is 11.8 Å². The van der Waals surface area contributed by atoms with E-state index in [2.05, 4.69) is 45.5 Å². The normalized spacial score (nSPS) is 24.6. The Bertz CT molecular complexity index is 1340. The molecule has 39 heavy (non-hydrogen) atoms. The fraction of sp³-hybridized carbons (Fsp3) is 0.400. The molecule has 8 nitrogen and oxygen atoms in total. The van der Waals surface area contributed by atoms with Gasteiger partial charge in [-0.25, -0.2) is 4.98 Å². The average molecular weight is 544 g/mol. The SMILES string of the molecule is CCSC(=O)N1CCN2Cc3cc(/C=C/C(=O)N4CC5C=C(c6ccccc6)CC5C4)cnc3NC(=O)C2C1. The van der Waals surface area contributed by atoms with Gasteiger partial charge in [-0.1, -0.05) is 55.1 Å².